The first-order chi connectivity index (χ1) is 9.84. The zero-order valence-corrected chi connectivity index (χ0v) is 12.7. The van der Waals surface area contributed by atoms with E-state index in [4.69, 9.17) is 4.74 Å². The summed E-state index contributed by atoms with van der Waals surface area (Å²) in [6.07, 6.45) is -0.750. The number of hydrogen-bond acceptors (Lipinski definition) is 4. The Balaban J connectivity index is 2.15. The molecule has 0 bridgehead atoms. The predicted octanol–water partition coefficient (Wildman–Crippen LogP) is 2.19. The van der Waals surface area contributed by atoms with Crippen LogP contribution >= 0.6 is 0 Å². The van der Waals surface area contributed by atoms with Crippen LogP contribution in [0.15, 0.2) is 39.9 Å². The monoisotopic (exact) mass is 310 g/mol. The van der Waals surface area contributed by atoms with E-state index in [1.165, 1.54) is 13.1 Å². The Labute approximate surface area is 122 Å². The van der Waals surface area contributed by atoms with Gasteiger partial charge in [0.1, 0.15) is 28.4 Å². The molecule has 0 radical (unpaired) electrons. The summed E-state index contributed by atoms with van der Waals surface area (Å²) in [6, 6.07) is 5.45. The van der Waals surface area contributed by atoms with E-state index in [0.29, 0.717) is 11.4 Å². The highest BCUT2D eigenvalue weighted by Crippen LogP contribution is 2.44. The van der Waals surface area contributed by atoms with Crippen molar-refractivity contribution in [3.05, 3.63) is 46.3 Å². The van der Waals surface area contributed by atoms with Crippen LogP contribution in [0.1, 0.15) is 25.5 Å². The first kappa shape index (κ1) is 14.1. The molecule has 0 saturated carbocycles. The van der Waals surface area contributed by atoms with E-state index < -0.39 is 28.0 Å². The molecule has 2 atom stereocenters. The SMILES string of the molecule is CC1=N[C@@H]2C(=C(C)OC2c2ccccc2F)S(=O)(=O)N1C. The summed E-state index contributed by atoms with van der Waals surface area (Å²) < 4.78 is 45.7. The van der Waals surface area contributed by atoms with Gasteiger partial charge in [-0.3, -0.25) is 9.30 Å². The van der Waals surface area contributed by atoms with Crippen LogP contribution in [0.5, 0.6) is 0 Å². The molecule has 21 heavy (non-hydrogen) atoms. The number of ether oxygens (including phenoxy) is 1. The van der Waals surface area contributed by atoms with Crippen molar-refractivity contribution in [1.82, 2.24) is 4.31 Å². The Morgan fingerprint density at radius 1 is 1.29 bits per heavy atom. The zero-order valence-electron chi connectivity index (χ0n) is 11.9. The lowest BCUT2D eigenvalue weighted by Gasteiger charge is -2.28. The van der Waals surface area contributed by atoms with Crippen molar-refractivity contribution < 1.29 is 17.5 Å². The molecule has 1 aromatic rings. The Morgan fingerprint density at radius 2 is 1.95 bits per heavy atom. The molecule has 1 aromatic carbocycles. The molecule has 112 valence electrons. The molecule has 0 saturated heterocycles. The smallest absolute Gasteiger partial charge is 0.266 e. The number of fused-ring (bicyclic) bond motifs is 1. The third-order valence-corrected chi connectivity index (χ3v) is 5.91. The van der Waals surface area contributed by atoms with Gasteiger partial charge in [0.05, 0.1) is 0 Å². The Kier molecular flexibility index (Phi) is 3.05. The third kappa shape index (κ3) is 1.95. The van der Waals surface area contributed by atoms with Gasteiger partial charge in [-0.25, -0.2) is 12.8 Å². The van der Waals surface area contributed by atoms with E-state index in [2.05, 4.69) is 4.99 Å². The summed E-state index contributed by atoms with van der Waals surface area (Å²) in [7, 11) is -2.21. The molecule has 2 aliphatic rings. The largest absolute Gasteiger partial charge is 0.486 e. The maximum atomic E-state index is 14.0. The molecule has 7 heteroatoms. The number of nitrogens with zero attached hydrogens (tertiary/aromatic N) is 2. The van der Waals surface area contributed by atoms with Gasteiger partial charge in [-0.1, -0.05) is 18.2 Å². The van der Waals surface area contributed by atoms with Crippen molar-refractivity contribution in [1.29, 1.82) is 0 Å². The van der Waals surface area contributed by atoms with Gasteiger partial charge in [0.15, 0.2) is 6.10 Å². The molecule has 0 N–H and O–H groups in total. The Bertz CT molecular complexity index is 770. The topological polar surface area (TPSA) is 59.0 Å². The van der Waals surface area contributed by atoms with Crippen LogP contribution < -0.4 is 0 Å². The molecule has 5 nitrogen and oxygen atoms in total. The normalized spacial score (nSPS) is 27.2. The molecule has 0 aliphatic carbocycles. The van der Waals surface area contributed by atoms with Crippen LogP contribution in [-0.4, -0.2) is 31.6 Å². The van der Waals surface area contributed by atoms with E-state index in [9.17, 15) is 12.8 Å². The van der Waals surface area contributed by atoms with Gasteiger partial charge in [-0.15, -0.1) is 0 Å². The minimum absolute atomic E-state index is 0.115. The molecule has 3 rings (SSSR count). The lowest BCUT2D eigenvalue weighted by atomic mass is 10.0. The zero-order chi connectivity index (χ0) is 15.4. The van der Waals surface area contributed by atoms with E-state index in [0.717, 1.165) is 4.31 Å². The maximum Gasteiger partial charge on any atom is 0.266 e. The summed E-state index contributed by atoms with van der Waals surface area (Å²) in [5, 5.41) is 0. The van der Waals surface area contributed by atoms with Crippen LogP contribution in [0, 0.1) is 5.82 Å². The molecular weight excluding hydrogens is 295 g/mol. The second-order valence-corrected chi connectivity index (χ2v) is 7.01. The molecule has 0 amide bonds. The van der Waals surface area contributed by atoms with Crippen LogP contribution in [0.3, 0.4) is 0 Å². The highest BCUT2D eigenvalue weighted by molar-refractivity contribution is 7.93. The predicted molar refractivity (Wildman–Crippen MR) is 76.5 cm³/mol. The van der Waals surface area contributed by atoms with Gasteiger partial charge in [0.2, 0.25) is 0 Å². The number of allylic oxidation sites excluding steroid dienone is 1. The van der Waals surface area contributed by atoms with Gasteiger partial charge >= 0.3 is 0 Å². The van der Waals surface area contributed by atoms with Gasteiger partial charge in [0, 0.05) is 12.6 Å². The Hall–Kier alpha value is -1.89. The van der Waals surface area contributed by atoms with Gasteiger partial charge < -0.3 is 4.74 Å². The summed E-state index contributed by atoms with van der Waals surface area (Å²) in [5.74, 6) is 0.209. The first-order valence-corrected chi connectivity index (χ1v) is 7.93. The molecule has 2 aliphatic heterocycles. The van der Waals surface area contributed by atoms with E-state index in [-0.39, 0.29) is 10.7 Å². The molecular formula is C14H15FN2O3S. The summed E-state index contributed by atoms with van der Waals surface area (Å²) >= 11 is 0. The average molecular weight is 310 g/mol. The van der Waals surface area contributed by atoms with Crippen molar-refractivity contribution >= 4 is 15.9 Å². The molecule has 2 heterocycles. The van der Waals surface area contributed by atoms with Crippen molar-refractivity contribution in [2.45, 2.75) is 26.0 Å². The van der Waals surface area contributed by atoms with Crippen LogP contribution in [0.4, 0.5) is 4.39 Å². The quantitative estimate of drug-likeness (QED) is 0.799. The molecule has 0 fully saturated rings. The summed E-state index contributed by atoms with van der Waals surface area (Å²) in [4.78, 5) is 4.50. The summed E-state index contributed by atoms with van der Waals surface area (Å²) in [6.45, 7) is 3.19. The lowest BCUT2D eigenvalue weighted by molar-refractivity contribution is 0.132. The minimum atomic E-state index is -3.66. The van der Waals surface area contributed by atoms with E-state index >= 15 is 0 Å². The third-order valence-electron chi connectivity index (χ3n) is 3.84. The van der Waals surface area contributed by atoms with Gasteiger partial charge in [-0.05, 0) is 19.9 Å². The number of benzene rings is 1. The van der Waals surface area contributed by atoms with Crippen LogP contribution in [-0.2, 0) is 14.8 Å². The fraction of sp³-hybridized carbons (Fsp3) is 0.357. The minimum Gasteiger partial charge on any atom is -0.486 e. The first-order valence-electron chi connectivity index (χ1n) is 6.49. The molecule has 1 unspecified atom stereocenters. The van der Waals surface area contributed by atoms with Crippen molar-refractivity contribution in [2.75, 3.05) is 7.05 Å². The highest BCUT2D eigenvalue weighted by Gasteiger charge is 2.48. The fourth-order valence-electron chi connectivity index (χ4n) is 2.66. The van der Waals surface area contributed by atoms with Crippen molar-refractivity contribution in [2.24, 2.45) is 4.99 Å². The maximum absolute atomic E-state index is 14.0. The second-order valence-electron chi connectivity index (χ2n) is 5.07. The average Bonchev–Trinajstić information content (AvgIpc) is 2.74. The number of hydrogen-bond donors (Lipinski definition) is 0. The molecule has 0 spiro atoms. The van der Waals surface area contributed by atoms with E-state index in [1.807, 2.05) is 0 Å². The highest BCUT2D eigenvalue weighted by atomic mass is 32.2. The number of amidine groups is 1. The lowest BCUT2D eigenvalue weighted by Crippen LogP contribution is -2.40. The number of aliphatic imine (C=N–C) groups is 1. The van der Waals surface area contributed by atoms with Gasteiger partial charge in [-0.2, -0.15) is 0 Å². The van der Waals surface area contributed by atoms with Crippen LogP contribution in [0.25, 0.3) is 0 Å². The van der Waals surface area contributed by atoms with Crippen LogP contribution in [0.2, 0.25) is 0 Å². The summed E-state index contributed by atoms with van der Waals surface area (Å²) in [5.41, 5.74) is 0.313. The van der Waals surface area contributed by atoms with Crippen molar-refractivity contribution in [3.8, 4) is 0 Å². The second kappa shape index (κ2) is 4.56. The fourth-order valence-corrected chi connectivity index (χ4v) is 4.25. The number of halogens is 1. The van der Waals surface area contributed by atoms with E-state index in [1.54, 1.807) is 32.0 Å². The Morgan fingerprint density at radius 3 is 2.62 bits per heavy atom. The van der Waals surface area contributed by atoms with Gasteiger partial charge in [0.25, 0.3) is 10.0 Å². The van der Waals surface area contributed by atoms with Crippen molar-refractivity contribution in [3.63, 3.8) is 0 Å². The number of rotatable bonds is 1. The molecule has 0 aromatic heterocycles. The number of sulfonamides is 1. The standard InChI is InChI=1S/C14H15FN2O3S/c1-8-14-12(16-9(2)17(3)21(14,18)19)13(20-8)10-6-4-5-7-11(10)15/h4-7,12-13H,1-3H3/t12-,13?/m0/s1.